The summed E-state index contributed by atoms with van der Waals surface area (Å²) in [7, 11) is 0. The molecular formula is C15H21ClN4O4. The molecular weight excluding hydrogens is 336 g/mol. The second-order valence-corrected chi connectivity index (χ2v) is 5.47. The number of nitro groups is 1. The van der Waals surface area contributed by atoms with E-state index in [-0.39, 0.29) is 35.8 Å². The summed E-state index contributed by atoms with van der Waals surface area (Å²) in [5, 5.41) is 13.4. The first-order valence-corrected chi connectivity index (χ1v) is 7.54. The van der Waals surface area contributed by atoms with Crippen molar-refractivity contribution >= 4 is 29.9 Å². The van der Waals surface area contributed by atoms with Crippen LogP contribution in [0.5, 0.6) is 0 Å². The molecule has 24 heavy (non-hydrogen) atoms. The third-order valence-electron chi connectivity index (χ3n) is 3.85. The molecule has 0 spiro atoms. The van der Waals surface area contributed by atoms with Gasteiger partial charge in [-0.05, 0) is 25.0 Å². The molecule has 0 aromatic heterocycles. The number of nitro benzene ring substituents is 1. The predicted molar refractivity (Wildman–Crippen MR) is 91.0 cm³/mol. The normalized spacial score (nSPS) is 16.9. The van der Waals surface area contributed by atoms with Crippen LogP contribution in [0.25, 0.3) is 0 Å². The molecule has 1 aliphatic heterocycles. The van der Waals surface area contributed by atoms with Crippen molar-refractivity contribution in [1.82, 2.24) is 10.2 Å². The molecule has 1 aromatic rings. The lowest BCUT2D eigenvalue weighted by atomic mass is 9.96. The summed E-state index contributed by atoms with van der Waals surface area (Å²) >= 11 is 0. The van der Waals surface area contributed by atoms with E-state index in [4.69, 9.17) is 5.73 Å². The fraction of sp³-hybridized carbons (Fsp3) is 0.467. The molecule has 1 aliphatic rings. The number of amides is 2. The van der Waals surface area contributed by atoms with Crippen LogP contribution in [0.1, 0.15) is 23.2 Å². The van der Waals surface area contributed by atoms with Crippen LogP contribution in [0.2, 0.25) is 0 Å². The smallest absolute Gasteiger partial charge is 0.269 e. The lowest BCUT2D eigenvalue weighted by molar-refractivity contribution is -0.384. The van der Waals surface area contributed by atoms with Gasteiger partial charge in [-0.2, -0.15) is 0 Å². The number of hydrogen-bond acceptors (Lipinski definition) is 5. The van der Waals surface area contributed by atoms with Crippen LogP contribution < -0.4 is 11.1 Å². The average molecular weight is 357 g/mol. The Kier molecular flexibility index (Phi) is 7.60. The van der Waals surface area contributed by atoms with E-state index in [9.17, 15) is 19.7 Å². The molecule has 2 rings (SSSR count). The fourth-order valence-corrected chi connectivity index (χ4v) is 2.62. The molecule has 0 aliphatic carbocycles. The number of non-ortho nitro benzene ring substituents is 1. The van der Waals surface area contributed by atoms with Crippen molar-refractivity contribution in [2.24, 2.45) is 11.7 Å². The largest absolute Gasteiger partial charge is 0.355 e. The van der Waals surface area contributed by atoms with Crippen molar-refractivity contribution < 1.29 is 14.5 Å². The SMILES string of the molecule is Cl.NCCNC(=O)C1CCCN(C(=O)c2ccc([N+](=O)[O-])cc2)C1. The van der Waals surface area contributed by atoms with Gasteiger partial charge in [0.1, 0.15) is 0 Å². The Morgan fingerprint density at radius 1 is 1.33 bits per heavy atom. The summed E-state index contributed by atoms with van der Waals surface area (Å²) < 4.78 is 0. The highest BCUT2D eigenvalue weighted by molar-refractivity contribution is 5.95. The minimum absolute atomic E-state index is 0. The number of likely N-dealkylation sites (tertiary alicyclic amines) is 1. The fourth-order valence-electron chi connectivity index (χ4n) is 2.62. The number of carbonyl (C=O) groups is 2. The average Bonchev–Trinajstić information content (AvgIpc) is 2.59. The maximum atomic E-state index is 12.5. The number of hydrogen-bond donors (Lipinski definition) is 2. The van der Waals surface area contributed by atoms with Gasteiger partial charge in [-0.15, -0.1) is 12.4 Å². The summed E-state index contributed by atoms with van der Waals surface area (Å²) in [5.74, 6) is -0.537. The van der Waals surface area contributed by atoms with Crippen molar-refractivity contribution in [2.75, 3.05) is 26.2 Å². The van der Waals surface area contributed by atoms with Crippen LogP contribution in [0.15, 0.2) is 24.3 Å². The quantitative estimate of drug-likeness (QED) is 0.601. The first-order valence-electron chi connectivity index (χ1n) is 7.54. The van der Waals surface area contributed by atoms with Crippen LogP contribution in [0, 0.1) is 16.0 Å². The molecule has 0 bridgehead atoms. The lowest BCUT2D eigenvalue weighted by Crippen LogP contribution is -2.46. The van der Waals surface area contributed by atoms with Crippen molar-refractivity contribution in [3.63, 3.8) is 0 Å². The zero-order valence-electron chi connectivity index (χ0n) is 13.1. The number of benzene rings is 1. The maximum Gasteiger partial charge on any atom is 0.269 e. The molecule has 0 saturated carbocycles. The van der Waals surface area contributed by atoms with Crippen LogP contribution in [-0.4, -0.2) is 47.8 Å². The number of halogens is 1. The molecule has 3 N–H and O–H groups in total. The molecule has 0 radical (unpaired) electrons. The van der Waals surface area contributed by atoms with Gasteiger partial charge < -0.3 is 16.0 Å². The van der Waals surface area contributed by atoms with Gasteiger partial charge in [0.15, 0.2) is 0 Å². The minimum atomic E-state index is -0.507. The number of nitrogens with two attached hydrogens (primary N) is 1. The maximum absolute atomic E-state index is 12.5. The molecule has 1 saturated heterocycles. The summed E-state index contributed by atoms with van der Waals surface area (Å²) in [4.78, 5) is 36.2. The van der Waals surface area contributed by atoms with Gasteiger partial charge in [-0.3, -0.25) is 19.7 Å². The second-order valence-electron chi connectivity index (χ2n) is 5.47. The van der Waals surface area contributed by atoms with Gasteiger partial charge in [0.2, 0.25) is 5.91 Å². The van der Waals surface area contributed by atoms with E-state index in [0.717, 1.165) is 12.8 Å². The number of carbonyl (C=O) groups excluding carboxylic acids is 2. The highest BCUT2D eigenvalue weighted by Gasteiger charge is 2.28. The Bertz CT molecular complexity index is 594. The van der Waals surface area contributed by atoms with Gasteiger partial charge in [-0.1, -0.05) is 0 Å². The van der Waals surface area contributed by atoms with Crippen LogP contribution in [-0.2, 0) is 4.79 Å². The highest BCUT2D eigenvalue weighted by atomic mass is 35.5. The van der Waals surface area contributed by atoms with Gasteiger partial charge in [0, 0.05) is 43.9 Å². The van der Waals surface area contributed by atoms with E-state index in [1.807, 2.05) is 0 Å². The molecule has 9 heteroatoms. The molecule has 8 nitrogen and oxygen atoms in total. The van der Waals surface area contributed by atoms with Crippen molar-refractivity contribution in [3.05, 3.63) is 39.9 Å². The summed E-state index contributed by atoms with van der Waals surface area (Å²) in [5.41, 5.74) is 5.70. The number of nitrogens with one attached hydrogen (secondary N) is 1. The summed E-state index contributed by atoms with van der Waals surface area (Å²) in [6.07, 6.45) is 1.49. The Hall–Kier alpha value is -2.19. The Morgan fingerprint density at radius 2 is 2.00 bits per heavy atom. The topological polar surface area (TPSA) is 119 Å². The molecule has 1 fully saturated rings. The number of piperidine rings is 1. The summed E-state index contributed by atoms with van der Waals surface area (Å²) in [6.45, 7) is 1.73. The minimum Gasteiger partial charge on any atom is -0.355 e. The molecule has 1 aromatic carbocycles. The first kappa shape index (κ1) is 19.9. The van der Waals surface area contributed by atoms with E-state index >= 15 is 0 Å². The summed E-state index contributed by atoms with van der Waals surface area (Å²) in [6, 6.07) is 5.50. The van der Waals surface area contributed by atoms with E-state index in [0.29, 0.717) is 31.7 Å². The zero-order valence-corrected chi connectivity index (χ0v) is 14.0. The predicted octanol–water partition coefficient (Wildman–Crippen LogP) is 0.944. The van der Waals surface area contributed by atoms with E-state index in [2.05, 4.69) is 5.32 Å². The molecule has 132 valence electrons. The monoisotopic (exact) mass is 356 g/mol. The Balaban J connectivity index is 0.00000288. The highest BCUT2D eigenvalue weighted by Crippen LogP contribution is 2.20. The van der Waals surface area contributed by atoms with Gasteiger partial charge in [0.05, 0.1) is 10.8 Å². The first-order chi connectivity index (χ1) is 11.0. The van der Waals surface area contributed by atoms with Crippen LogP contribution in [0.4, 0.5) is 5.69 Å². The van der Waals surface area contributed by atoms with Crippen molar-refractivity contribution in [1.29, 1.82) is 0 Å². The van der Waals surface area contributed by atoms with Crippen LogP contribution >= 0.6 is 12.4 Å². The number of nitrogens with zero attached hydrogens (tertiary/aromatic N) is 2. The van der Waals surface area contributed by atoms with Gasteiger partial charge in [0.25, 0.3) is 11.6 Å². The van der Waals surface area contributed by atoms with Crippen LogP contribution in [0.3, 0.4) is 0 Å². The molecule has 1 unspecified atom stereocenters. The molecule has 1 atom stereocenters. The zero-order chi connectivity index (χ0) is 16.8. The molecule has 1 heterocycles. The lowest BCUT2D eigenvalue weighted by Gasteiger charge is -2.32. The second kappa shape index (κ2) is 9.19. The molecule has 2 amide bonds. The Morgan fingerprint density at radius 3 is 2.58 bits per heavy atom. The standard InChI is InChI=1S/C15H20N4O4.ClH/c16-7-8-17-14(20)12-2-1-9-18(10-12)15(21)11-3-5-13(6-4-11)19(22)23;/h3-6,12H,1-2,7-10,16H2,(H,17,20);1H. The van der Waals surface area contributed by atoms with Gasteiger partial charge in [-0.25, -0.2) is 0 Å². The van der Waals surface area contributed by atoms with E-state index < -0.39 is 4.92 Å². The Labute approximate surface area is 145 Å². The van der Waals surface area contributed by atoms with Crippen molar-refractivity contribution in [2.45, 2.75) is 12.8 Å². The van der Waals surface area contributed by atoms with E-state index in [1.54, 1.807) is 4.90 Å². The van der Waals surface area contributed by atoms with Gasteiger partial charge >= 0.3 is 0 Å². The third kappa shape index (κ3) is 4.90. The van der Waals surface area contributed by atoms with E-state index in [1.165, 1.54) is 24.3 Å². The van der Waals surface area contributed by atoms with Crippen molar-refractivity contribution in [3.8, 4) is 0 Å². The number of rotatable bonds is 5. The third-order valence-corrected chi connectivity index (χ3v) is 3.85.